The molecule has 0 saturated carbocycles. The molecule has 1 atom stereocenters. The molecule has 1 aromatic carbocycles. The van der Waals surface area contributed by atoms with Crippen LogP contribution in [0, 0.1) is 6.92 Å². The van der Waals surface area contributed by atoms with E-state index in [4.69, 9.17) is 4.74 Å². The van der Waals surface area contributed by atoms with Gasteiger partial charge in [0.25, 0.3) is 0 Å². The normalized spacial score (nSPS) is 12.0. The number of nitrogens with zero attached hydrogens (tertiary/aromatic N) is 2. The molecule has 25 heavy (non-hydrogen) atoms. The molecular formula is C18H31IN4O2. The fraction of sp³-hybridized carbons (Fsp3) is 0.556. The smallest absolute Gasteiger partial charge is 0.243 e. The Morgan fingerprint density at radius 3 is 2.48 bits per heavy atom. The van der Waals surface area contributed by atoms with Gasteiger partial charge in [-0.15, -0.1) is 24.0 Å². The minimum atomic E-state index is -0.0313. The lowest BCUT2D eigenvalue weighted by Gasteiger charge is -2.17. The highest BCUT2D eigenvalue weighted by molar-refractivity contribution is 14.0. The number of likely N-dealkylation sites (N-methyl/N-ethyl adjacent to an activating group) is 1. The highest BCUT2D eigenvalue weighted by atomic mass is 127. The Labute approximate surface area is 168 Å². The van der Waals surface area contributed by atoms with Crippen LogP contribution in [-0.2, 0) is 4.79 Å². The van der Waals surface area contributed by atoms with Crippen molar-refractivity contribution in [2.24, 2.45) is 4.99 Å². The van der Waals surface area contributed by atoms with Gasteiger partial charge in [-0.3, -0.25) is 4.79 Å². The van der Waals surface area contributed by atoms with E-state index < -0.39 is 0 Å². The summed E-state index contributed by atoms with van der Waals surface area (Å²) < 4.78 is 5.69. The summed E-state index contributed by atoms with van der Waals surface area (Å²) in [6, 6.07) is 8.23. The monoisotopic (exact) mass is 462 g/mol. The molecule has 0 aliphatic heterocycles. The Balaban J connectivity index is 0.00000576. The predicted molar refractivity (Wildman–Crippen MR) is 114 cm³/mol. The van der Waals surface area contributed by atoms with Gasteiger partial charge in [0, 0.05) is 20.1 Å². The maximum atomic E-state index is 11.7. The van der Waals surface area contributed by atoms with Gasteiger partial charge in [0.05, 0.1) is 6.54 Å². The third kappa shape index (κ3) is 10.2. The number of rotatable bonds is 8. The number of carbonyl (C=O) groups excluding carboxylic acids is 1. The second-order valence-electron chi connectivity index (χ2n) is 5.99. The molecule has 1 aromatic rings. The Kier molecular flexibility index (Phi) is 12.0. The van der Waals surface area contributed by atoms with Gasteiger partial charge in [0.1, 0.15) is 18.9 Å². The lowest BCUT2D eigenvalue weighted by molar-refractivity contribution is -0.127. The Morgan fingerprint density at radius 2 is 1.92 bits per heavy atom. The molecule has 7 heteroatoms. The van der Waals surface area contributed by atoms with Crippen molar-refractivity contribution in [2.45, 2.75) is 33.2 Å². The van der Waals surface area contributed by atoms with Crippen LogP contribution in [0.2, 0.25) is 0 Å². The predicted octanol–water partition coefficient (Wildman–Crippen LogP) is 2.41. The molecule has 1 amide bonds. The molecule has 2 N–H and O–H groups in total. The first-order valence-corrected chi connectivity index (χ1v) is 8.36. The van der Waals surface area contributed by atoms with E-state index >= 15 is 0 Å². The number of amides is 1. The van der Waals surface area contributed by atoms with Crippen molar-refractivity contribution < 1.29 is 9.53 Å². The van der Waals surface area contributed by atoms with Gasteiger partial charge in [0.15, 0.2) is 5.96 Å². The fourth-order valence-electron chi connectivity index (χ4n) is 1.75. The van der Waals surface area contributed by atoms with Crippen LogP contribution in [0.4, 0.5) is 0 Å². The zero-order valence-electron chi connectivity index (χ0n) is 15.8. The van der Waals surface area contributed by atoms with Gasteiger partial charge in [-0.2, -0.15) is 0 Å². The van der Waals surface area contributed by atoms with Crippen LogP contribution in [0.3, 0.4) is 0 Å². The molecule has 142 valence electrons. The maximum Gasteiger partial charge on any atom is 0.243 e. The van der Waals surface area contributed by atoms with Crippen LogP contribution in [0.25, 0.3) is 0 Å². The number of aryl methyl sites for hydroxylation is 1. The third-order valence-corrected chi connectivity index (χ3v) is 3.55. The number of hydrogen-bond acceptors (Lipinski definition) is 3. The van der Waals surface area contributed by atoms with Crippen LogP contribution >= 0.6 is 24.0 Å². The average molecular weight is 462 g/mol. The molecule has 0 radical (unpaired) electrons. The third-order valence-electron chi connectivity index (χ3n) is 3.55. The topological polar surface area (TPSA) is 66.0 Å². The molecule has 0 aliphatic carbocycles. The molecular weight excluding hydrogens is 431 g/mol. The molecule has 0 spiro atoms. The average Bonchev–Trinajstić information content (AvgIpc) is 2.57. The summed E-state index contributed by atoms with van der Waals surface area (Å²) in [5, 5.41) is 6.48. The Bertz CT molecular complexity index is 532. The van der Waals surface area contributed by atoms with Crippen molar-refractivity contribution >= 4 is 35.8 Å². The first-order valence-electron chi connectivity index (χ1n) is 8.36. The van der Waals surface area contributed by atoms with Crippen molar-refractivity contribution in [3.05, 3.63) is 29.8 Å². The van der Waals surface area contributed by atoms with E-state index in [1.165, 1.54) is 10.5 Å². The van der Waals surface area contributed by atoms with Crippen molar-refractivity contribution in [3.8, 4) is 5.75 Å². The maximum absolute atomic E-state index is 11.7. The standard InChI is InChI=1S/C18H30N4O2.HI/c1-6-15(3)21-18(20-13-17(23)22(4)5)19-11-12-24-16-9-7-14(2)8-10-16;/h7-10,15H,6,11-13H2,1-5H3,(H2,19,20,21);1H. The van der Waals surface area contributed by atoms with Crippen LogP contribution < -0.4 is 15.4 Å². The highest BCUT2D eigenvalue weighted by Gasteiger charge is 2.06. The van der Waals surface area contributed by atoms with Gasteiger partial charge < -0.3 is 20.3 Å². The summed E-state index contributed by atoms with van der Waals surface area (Å²) in [7, 11) is 3.45. The number of carbonyl (C=O) groups is 1. The Hall–Kier alpha value is -1.51. The van der Waals surface area contributed by atoms with E-state index in [9.17, 15) is 4.79 Å². The van der Waals surface area contributed by atoms with E-state index in [2.05, 4.69) is 29.5 Å². The van der Waals surface area contributed by atoms with E-state index in [1.54, 1.807) is 14.1 Å². The van der Waals surface area contributed by atoms with Crippen molar-refractivity contribution in [2.75, 3.05) is 33.8 Å². The van der Waals surface area contributed by atoms with E-state index in [0.29, 0.717) is 19.1 Å². The van der Waals surface area contributed by atoms with Crippen LogP contribution in [0.15, 0.2) is 29.3 Å². The van der Waals surface area contributed by atoms with Crippen molar-refractivity contribution in [3.63, 3.8) is 0 Å². The van der Waals surface area contributed by atoms with E-state index in [1.807, 2.05) is 31.2 Å². The van der Waals surface area contributed by atoms with Crippen LogP contribution in [0.1, 0.15) is 25.8 Å². The highest BCUT2D eigenvalue weighted by Crippen LogP contribution is 2.10. The summed E-state index contributed by atoms with van der Waals surface area (Å²) in [6.07, 6.45) is 0.974. The minimum absolute atomic E-state index is 0. The Morgan fingerprint density at radius 1 is 1.28 bits per heavy atom. The van der Waals surface area contributed by atoms with Gasteiger partial charge in [-0.05, 0) is 32.4 Å². The number of ether oxygens (including phenoxy) is 1. The first-order chi connectivity index (χ1) is 11.4. The molecule has 0 heterocycles. The fourth-order valence-corrected chi connectivity index (χ4v) is 1.75. The summed E-state index contributed by atoms with van der Waals surface area (Å²) in [6.45, 7) is 7.47. The summed E-state index contributed by atoms with van der Waals surface area (Å²) in [5.41, 5.74) is 1.21. The van der Waals surface area contributed by atoms with E-state index in [0.717, 1.165) is 12.2 Å². The number of benzene rings is 1. The zero-order valence-corrected chi connectivity index (χ0v) is 18.2. The largest absolute Gasteiger partial charge is 0.492 e. The minimum Gasteiger partial charge on any atom is -0.492 e. The van der Waals surface area contributed by atoms with Gasteiger partial charge in [0.2, 0.25) is 5.91 Å². The molecule has 0 bridgehead atoms. The number of aliphatic imine (C=N–C) groups is 1. The summed E-state index contributed by atoms with van der Waals surface area (Å²) in [5.74, 6) is 1.45. The van der Waals surface area contributed by atoms with Gasteiger partial charge >= 0.3 is 0 Å². The first kappa shape index (κ1) is 23.5. The van der Waals surface area contributed by atoms with E-state index in [-0.39, 0.29) is 42.5 Å². The zero-order chi connectivity index (χ0) is 17.9. The molecule has 0 saturated heterocycles. The second kappa shape index (κ2) is 12.8. The quantitative estimate of drug-likeness (QED) is 0.270. The summed E-state index contributed by atoms with van der Waals surface area (Å²) >= 11 is 0. The van der Waals surface area contributed by atoms with Gasteiger partial charge in [-0.25, -0.2) is 4.99 Å². The summed E-state index contributed by atoms with van der Waals surface area (Å²) in [4.78, 5) is 17.6. The number of hydrogen-bond donors (Lipinski definition) is 2. The van der Waals surface area contributed by atoms with Gasteiger partial charge in [-0.1, -0.05) is 24.6 Å². The van der Waals surface area contributed by atoms with Crippen LogP contribution in [0.5, 0.6) is 5.75 Å². The molecule has 0 fully saturated rings. The number of nitrogens with one attached hydrogen (secondary N) is 2. The van der Waals surface area contributed by atoms with Crippen LogP contribution in [-0.4, -0.2) is 56.6 Å². The molecule has 0 aliphatic rings. The molecule has 1 rings (SSSR count). The lowest BCUT2D eigenvalue weighted by Crippen LogP contribution is -2.44. The SMILES string of the molecule is CCC(C)NC(=NCC(=O)N(C)C)NCCOc1ccc(C)cc1.I. The van der Waals surface area contributed by atoms with Crippen molar-refractivity contribution in [1.29, 1.82) is 0 Å². The second-order valence-corrected chi connectivity index (χ2v) is 5.99. The number of halogens is 1. The lowest BCUT2D eigenvalue weighted by atomic mass is 10.2. The number of guanidine groups is 1. The molecule has 1 unspecified atom stereocenters. The van der Waals surface area contributed by atoms with Crippen molar-refractivity contribution in [1.82, 2.24) is 15.5 Å². The molecule has 0 aromatic heterocycles. The molecule has 6 nitrogen and oxygen atoms in total.